The van der Waals surface area contributed by atoms with E-state index in [1.165, 1.54) is 0 Å². The van der Waals surface area contributed by atoms with Crippen LogP contribution in [0.2, 0.25) is 0 Å². The molecule has 1 N–H and O–H groups in total. The van der Waals surface area contributed by atoms with E-state index in [-0.39, 0.29) is 17.4 Å². The quantitative estimate of drug-likeness (QED) is 0.889. The zero-order valence-electron chi connectivity index (χ0n) is 10.9. The van der Waals surface area contributed by atoms with Crippen LogP contribution in [0.25, 0.3) is 0 Å². The molecule has 0 aliphatic carbocycles. The molecule has 0 saturated carbocycles. The summed E-state index contributed by atoms with van der Waals surface area (Å²) in [6.07, 6.45) is -0.0806. The van der Waals surface area contributed by atoms with Gasteiger partial charge in [-0.05, 0) is 11.1 Å². The third-order valence-electron chi connectivity index (χ3n) is 2.98. The molecule has 3 nitrogen and oxygen atoms in total. The smallest absolute Gasteiger partial charge is 0.304 e. The van der Waals surface area contributed by atoms with Crippen molar-refractivity contribution in [3.63, 3.8) is 0 Å². The Morgan fingerprint density at radius 3 is 1.80 bits per heavy atom. The molecule has 0 saturated heterocycles. The number of rotatable bonds is 6. The van der Waals surface area contributed by atoms with Crippen LogP contribution < -0.4 is 0 Å². The number of hydrogen-bond donors (Lipinski definition) is 1. The summed E-state index contributed by atoms with van der Waals surface area (Å²) in [4.78, 5) is 10.7. The van der Waals surface area contributed by atoms with Gasteiger partial charge >= 0.3 is 5.97 Å². The molecule has 4 heteroatoms. The highest BCUT2D eigenvalue weighted by Gasteiger charge is 2.21. The van der Waals surface area contributed by atoms with Crippen molar-refractivity contribution in [2.24, 2.45) is 0 Å². The fourth-order valence-corrected chi connectivity index (χ4v) is 3.59. The van der Waals surface area contributed by atoms with Crippen molar-refractivity contribution in [2.75, 3.05) is 5.75 Å². The number of carboxylic acid groups (broad SMARTS) is 1. The molecule has 0 radical (unpaired) electrons. The van der Waals surface area contributed by atoms with Crippen LogP contribution in [-0.2, 0) is 15.6 Å². The zero-order chi connectivity index (χ0) is 14.4. The van der Waals surface area contributed by atoms with Gasteiger partial charge < -0.3 is 5.11 Å². The molecule has 20 heavy (non-hydrogen) atoms. The number of benzene rings is 2. The average molecular weight is 288 g/mol. The minimum Gasteiger partial charge on any atom is -0.481 e. The third kappa shape index (κ3) is 3.78. The van der Waals surface area contributed by atoms with Gasteiger partial charge in [0.05, 0.1) is 11.7 Å². The van der Waals surface area contributed by atoms with Crippen LogP contribution in [0.3, 0.4) is 0 Å². The van der Waals surface area contributed by atoms with E-state index in [4.69, 9.17) is 5.11 Å². The molecule has 0 heterocycles. The molecule has 104 valence electrons. The molecule has 1 unspecified atom stereocenters. The SMILES string of the molecule is O=C(O)CCS(=O)C(c1ccccc1)c1ccccc1. The fraction of sp³-hybridized carbons (Fsp3) is 0.188. The van der Waals surface area contributed by atoms with E-state index < -0.39 is 16.8 Å². The van der Waals surface area contributed by atoms with Gasteiger partial charge in [-0.15, -0.1) is 0 Å². The second-order valence-corrected chi connectivity index (χ2v) is 6.07. The highest BCUT2D eigenvalue weighted by Crippen LogP contribution is 2.28. The Labute approximate surface area is 120 Å². The summed E-state index contributed by atoms with van der Waals surface area (Å²) in [6.45, 7) is 0. The standard InChI is InChI=1S/C16H16O3S/c17-15(18)11-12-20(19)16(13-7-3-1-4-8-13)14-9-5-2-6-10-14/h1-10,16H,11-12H2,(H,17,18). The van der Waals surface area contributed by atoms with Gasteiger partial charge in [0, 0.05) is 16.6 Å². The molecule has 1 atom stereocenters. The first-order valence-corrected chi connectivity index (χ1v) is 7.75. The lowest BCUT2D eigenvalue weighted by atomic mass is 10.0. The summed E-state index contributed by atoms with van der Waals surface area (Å²) in [6, 6.07) is 19.1. The molecule has 0 fully saturated rings. The first-order chi connectivity index (χ1) is 9.68. The molecule has 0 aliphatic heterocycles. The van der Waals surface area contributed by atoms with Crippen molar-refractivity contribution in [2.45, 2.75) is 11.7 Å². The van der Waals surface area contributed by atoms with Gasteiger partial charge in [-0.3, -0.25) is 9.00 Å². The van der Waals surface area contributed by atoms with Crippen LogP contribution in [0.5, 0.6) is 0 Å². The van der Waals surface area contributed by atoms with Crippen LogP contribution >= 0.6 is 0 Å². The number of hydrogen-bond acceptors (Lipinski definition) is 2. The van der Waals surface area contributed by atoms with Crippen molar-refractivity contribution in [1.29, 1.82) is 0 Å². The van der Waals surface area contributed by atoms with E-state index in [9.17, 15) is 9.00 Å². The Kier molecular flexibility index (Phi) is 5.07. The highest BCUT2D eigenvalue weighted by molar-refractivity contribution is 7.85. The fourth-order valence-electron chi connectivity index (χ4n) is 2.06. The van der Waals surface area contributed by atoms with E-state index in [1.807, 2.05) is 60.7 Å². The van der Waals surface area contributed by atoms with Crippen LogP contribution in [-0.4, -0.2) is 21.0 Å². The summed E-state index contributed by atoms with van der Waals surface area (Å²) < 4.78 is 12.5. The molecule has 2 aromatic rings. The Hall–Kier alpha value is -1.94. The molecule has 0 amide bonds. The number of carbonyl (C=O) groups is 1. The third-order valence-corrected chi connectivity index (χ3v) is 4.66. The number of aliphatic carboxylic acids is 1. The summed E-state index contributed by atoms with van der Waals surface area (Å²) in [7, 11) is -1.26. The second-order valence-electron chi connectivity index (χ2n) is 4.43. The van der Waals surface area contributed by atoms with Crippen molar-refractivity contribution >= 4 is 16.8 Å². The Bertz CT molecular complexity index is 542. The Morgan fingerprint density at radius 2 is 1.40 bits per heavy atom. The first-order valence-electron chi connectivity index (χ1n) is 6.37. The van der Waals surface area contributed by atoms with Gasteiger partial charge in [-0.2, -0.15) is 0 Å². The molecular formula is C16H16O3S. The minimum atomic E-state index is -1.26. The van der Waals surface area contributed by atoms with Gasteiger partial charge in [0.1, 0.15) is 0 Å². The molecule has 0 aliphatic rings. The predicted octanol–water partition coefficient (Wildman–Crippen LogP) is 3.00. The monoisotopic (exact) mass is 288 g/mol. The first kappa shape index (κ1) is 14.5. The number of carboxylic acids is 1. The Morgan fingerprint density at radius 1 is 0.950 bits per heavy atom. The highest BCUT2D eigenvalue weighted by atomic mass is 32.2. The second kappa shape index (κ2) is 7.01. The van der Waals surface area contributed by atoms with E-state index >= 15 is 0 Å². The van der Waals surface area contributed by atoms with Crippen molar-refractivity contribution in [1.82, 2.24) is 0 Å². The van der Waals surface area contributed by atoms with Gasteiger partial charge in [-0.25, -0.2) is 0 Å². The van der Waals surface area contributed by atoms with Crippen LogP contribution in [0.15, 0.2) is 60.7 Å². The lowest BCUT2D eigenvalue weighted by Crippen LogP contribution is -2.14. The van der Waals surface area contributed by atoms with E-state index in [0.717, 1.165) is 11.1 Å². The maximum Gasteiger partial charge on any atom is 0.304 e. The minimum absolute atomic E-state index is 0.0806. The van der Waals surface area contributed by atoms with Crippen LogP contribution in [0, 0.1) is 0 Å². The van der Waals surface area contributed by atoms with Gasteiger partial charge in [0.25, 0.3) is 0 Å². The average Bonchev–Trinajstić information content (AvgIpc) is 2.48. The van der Waals surface area contributed by atoms with Crippen molar-refractivity contribution in [3.8, 4) is 0 Å². The molecule has 2 aromatic carbocycles. The van der Waals surface area contributed by atoms with Gasteiger partial charge in [0.2, 0.25) is 0 Å². The van der Waals surface area contributed by atoms with Crippen LogP contribution in [0.1, 0.15) is 22.8 Å². The summed E-state index contributed by atoms with van der Waals surface area (Å²) in [5, 5.41) is 8.47. The topological polar surface area (TPSA) is 54.4 Å². The molecular weight excluding hydrogens is 272 g/mol. The Balaban J connectivity index is 2.30. The van der Waals surface area contributed by atoms with E-state index in [1.54, 1.807) is 0 Å². The van der Waals surface area contributed by atoms with Crippen molar-refractivity contribution in [3.05, 3.63) is 71.8 Å². The largest absolute Gasteiger partial charge is 0.481 e. The van der Waals surface area contributed by atoms with Crippen LogP contribution in [0.4, 0.5) is 0 Å². The summed E-state index contributed by atoms with van der Waals surface area (Å²) in [5.74, 6) is -0.762. The van der Waals surface area contributed by atoms with Crippen molar-refractivity contribution < 1.29 is 14.1 Å². The maximum absolute atomic E-state index is 12.5. The normalized spacial score (nSPS) is 12.2. The molecule has 0 spiro atoms. The molecule has 0 aromatic heterocycles. The lowest BCUT2D eigenvalue weighted by Gasteiger charge is -2.17. The van der Waals surface area contributed by atoms with E-state index in [0.29, 0.717) is 0 Å². The zero-order valence-corrected chi connectivity index (χ0v) is 11.8. The summed E-state index contributed by atoms with van der Waals surface area (Å²) >= 11 is 0. The molecule has 2 rings (SSSR count). The lowest BCUT2D eigenvalue weighted by molar-refractivity contribution is -0.136. The van der Waals surface area contributed by atoms with E-state index in [2.05, 4.69) is 0 Å². The maximum atomic E-state index is 12.5. The predicted molar refractivity (Wildman–Crippen MR) is 80.0 cm³/mol. The van der Waals surface area contributed by atoms with Gasteiger partial charge in [0.15, 0.2) is 0 Å². The van der Waals surface area contributed by atoms with Gasteiger partial charge in [-0.1, -0.05) is 60.7 Å². The summed E-state index contributed by atoms with van der Waals surface area (Å²) in [5.41, 5.74) is 1.89. The molecule has 0 bridgehead atoms.